The highest BCUT2D eigenvalue weighted by Gasteiger charge is 2.30. The Kier molecular flexibility index (Phi) is 6.30. The zero-order chi connectivity index (χ0) is 15.2. The van der Waals surface area contributed by atoms with Crippen LogP contribution in [0.4, 0.5) is 4.79 Å². The Morgan fingerprint density at radius 3 is 2.57 bits per heavy atom. The molecule has 0 heterocycles. The molecule has 2 amide bonds. The first-order valence-electron chi connectivity index (χ1n) is 8.52. The number of nitrogens with one attached hydrogen (secondary N) is 2. The van der Waals surface area contributed by atoms with Gasteiger partial charge in [-0.15, -0.1) is 0 Å². The molecule has 2 rings (SSSR count). The molecule has 0 aliphatic heterocycles. The van der Waals surface area contributed by atoms with Crippen LogP contribution < -0.4 is 10.6 Å². The predicted octanol–water partition coefficient (Wildman–Crippen LogP) is 1.71. The van der Waals surface area contributed by atoms with Gasteiger partial charge in [0, 0.05) is 43.7 Å². The summed E-state index contributed by atoms with van der Waals surface area (Å²) in [7, 11) is 0. The maximum Gasteiger partial charge on any atom is 0.315 e. The maximum absolute atomic E-state index is 12.0. The van der Waals surface area contributed by atoms with Crippen molar-refractivity contribution in [3.05, 3.63) is 0 Å². The molecule has 0 aromatic heterocycles. The van der Waals surface area contributed by atoms with E-state index in [0.29, 0.717) is 12.6 Å². The molecule has 2 saturated carbocycles. The number of aliphatic hydroxyl groups is 1. The zero-order valence-electron chi connectivity index (χ0n) is 13.5. The molecule has 0 bridgehead atoms. The van der Waals surface area contributed by atoms with Crippen LogP contribution in [-0.2, 0) is 0 Å². The molecule has 0 radical (unpaired) electrons. The third-order valence-electron chi connectivity index (χ3n) is 4.79. The highest BCUT2D eigenvalue weighted by molar-refractivity contribution is 5.74. The van der Waals surface area contributed by atoms with Gasteiger partial charge in [-0.25, -0.2) is 4.79 Å². The highest BCUT2D eigenvalue weighted by atomic mass is 16.3. The van der Waals surface area contributed by atoms with E-state index in [1.165, 1.54) is 12.8 Å². The van der Waals surface area contributed by atoms with Crippen molar-refractivity contribution in [1.82, 2.24) is 15.5 Å². The second kappa shape index (κ2) is 7.99. The zero-order valence-corrected chi connectivity index (χ0v) is 13.5. The van der Waals surface area contributed by atoms with Crippen LogP contribution in [0.25, 0.3) is 0 Å². The van der Waals surface area contributed by atoms with Crippen LogP contribution in [0.15, 0.2) is 0 Å². The van der Waals surface area contributed by atoms with Gasteiger partial charge in [0.15, 0.2) is 0 Å². The van der Waals surface area contributed by atoms with Crippen LogP contribution in [-0.4, -0.2) is 53.9 Å². The molecule has 2 atom stereocenters. The van der Waals surface area contributed by atoms with Gasteiger partial charge in [-0.1, -0.05) is 12.8 Å². The van der Waals surface area contributed by atoms with Crippen LogP contribution >= 0.6 is 0 Å². The molecule has 3 N–H and O–H groups in total. The molecule has 2 fully saturated rings. The summed E-state index contributed by atoms with van der Waals surface area (Å²) in [6.45, 7) is 6.22. The van der Waals surface area contributed by atoms with Crippen molar-refractivity contribution in [2.75, 3.05) is 19.7 Å². The normalized spacial score (nSPS) is 26.1. The third-order valence-corrected chi connectivity index (χ3v) is 4.79. The quantitative estimate of drug-likeness (QED) is 0.670. The molecule has 0 aromatic rings. The average molecular weight is 297 g/mol. The number of aliphatic hydroxyl groups excluding tert-OH is 1. The second-order valence-electron chi connectivity index (χ2n) is 6.80. The lowest BCUT2D eigenvalue weighted by Crippen LogP contribution is -2.49. The number of hydrogen-bond acceptors (Lipinski definition) is 3. The fraction of sp³-hybridized carbons (Fsp3) is 0.938. The molecule has 2 aliphatic rings. The summed E-state index contributed by atoms with van der Waals surface area (Å²) in [6.07, 6.45) is 6.90. The van der Waals surface area contributed by atoms with Gasteiger partial charge in [0.05, 0.1) is 0 Å². The summed E-state index contributed by atoms with van der Waals surface area (Å²) in [5.41, 5.74) is 0. The molecule has 21 heavy (non-hydrogen) atoms. The minimum absolute atomic E-state index is 0.0835. The van der Waals surface area contributed by atoms with Crippen molar-refractivity contribution < 1.29 is 9.90 Å². The Bertz CT molecular complexity index is 329. The number of amides is 2. The first-order valence-corrected chi connectivity index (χ1v) is 8.52. The maximum atomic E-state index is 12.0. The standard InChI is InChI=1S/C16H31N3O2/c1-12(2)19(14-7-8-14)10-9-17-16(21)18-15-6-4-3-5-13(15)11-20/h12-15,20H,3-11H2,1-2H3,(H2,17,18,21). The first kappa shape index (κ1) is 16.6. The topological polar surface area (TPSA) is 64.6 Å². The molecule has 0 spiro atoms. The van der Waals surface area contributed by atoms with Crippen LogP contribution in [0.5, 0.6) is 0 Å². The molecule has 5 heteroatoms. The van der Waals surface area contributed by atoms with E-state index in [1.54, 1.807) is 0 Å². The Balaban J connectivity index is 1.66. The van der Waals surface area contributed by atoms with Gasteiger partial charge in [-0.3, -0.25) is 4.90 Å². The number of hydrogen-bond donors (Lipinski definition) is 3. The van der Waals surface area contributed by atoms with Crippen molar-refractivity contribution in [2.24, 2.45) is 5.92 Å². The van der Waals surface area contributed by atoms with Crippen molar-refractivity contribution in [3.63, 3.8) is 0 Å². The Morgan fingerprint density at radius 2 is 1.95 bits per heavy atom. The van der Waals surface area contributed by atoms with E-state index in [9.17, 15) is 9.90 Å². The van der Waals surface area contributed by atoms with Crippen molar-refractivity contribution >= 4 is 6.03 Å². The predicted molar refractivity (Wildman–Crippen MR) is 84.2 cm³/mol. The Morgan fingerprint density at radius 1 is 1.24 bits per heavy atom. The summed E-state index contributed by atoms with van der Waals surface area (Å²) >= 11 is 0. The average Bonchev–Trinajstić information content (AvgIpc) is 3.28. The highest BCUT2D eigenvalue weighted by Crippen LogP contribution is 2.28. The van der Waals surface area contributed by atoms with E-state index in [4.69, 9.17) is 0 Å². The SMILES string of the molecule is CC(C)N(CCNC(=O)NC1CCCCC1CO)C1CC1. The largest absolute Gasteiger partial charge is 0.396 e. The number of nitrogens with zero attached hydrogens (tertiary/aromatic N) is 1. The summed E-state index contributed by atoms with van der Waals surface area (Å²) in [5, 5.41) is 15.4. The van der Waals surface area contributed by atoms with Gasteiger partial charge >= 0.3 is 6.03 Å². The minimum Gasteiger partial charge on any atom is -0.396 e. The summed E-state index contributed by atoms with van der Waals surface area (Å²) in [6, 6.07) is 1.32. The molecule has 5 nitrogen and oxygen atoms in total. The smallest absolute Gasteiger partial charge is 0.315 e. The van der Waals surface area contributed by atoms with Gasteiger partial charge in [0.1, 0.15) is 0 Å². The summed E-state index contributed by atoms with van der Waals surface area (Å²) in [5.74, 6) is 0.225. The van der Waals surface area contributed by atoms with Crippen molar-refractivity contribution in [3.8, 4) is 0 Å². The van der Waals surface area contributed by atoms with Gasteiger partial charge in [-0.05, 0) is 39.5 Å². The molecular formula is C16H31N3O2. The lowest BCUT2D eigenvalue weighted by atomic mass is 9.85. The fourth-order valence-corrected chi connectivity index (χ4v) is 3.40. The molecule has 122 valence electrons. The minimum atomic E-state index is -0.0835. The van der Waals surface area contributed by atoms with Crippen molar-refractivity contribution in [1.29, 1.82) is 0 Å². The van der Waals surface area contributed by atoms with E-state index >= 15 is 0 Å². The molecule has 2 aliphatic carbocycles. The Hall–Kier alpha value is -0.810. The summed E-state index contributed by atoms with van der Waals surface area (Å²) in [4.78, 5) is 14.5. The number of urea groups is 1. The van der Waals surface area contributed by atoms with Gasteiger partial charge in [-0.2, -0.15) is 0 Å². The number of rotatable bonds is 7. The number of carbonyl (C=O) groups is 1. The second-order valence-corrected chi connectivity index (χ2v) is 6.80. The first-order chi connectivity index (χ1) is 10.1. The third kappa shape index (κ3) is 5.15. The molecule has 2 unspecified atom stereocenters. The van der Waals surface area contributed by atoms with E-state index < -0.39 is 0 Å². The van der Waals surface area contributed by atoms with E-state index in [1.807, 2.05) is 0 Å². The van der Waals surface area contributed by atoms with Crippen LogP contribution in [0.3, 0.4) is 0 Å². The lowest BCUT2D eigenvalue weighted by molar-refractivity contribution is 0.153. The van der Waals surface area contributed by atoms with E-state index in [-0.39, 0.29) is 24.6 Å². The monoisotopic (exact) mass is 297 g/mol. The van der Waals surface area contributed by atoms with Gasteiger partial charge in [0.25, 0.3) is 0 Å². The molecule has 0 saturated heterocycles. The molecular weight excluding hydrogens is 266 g/mol. The Labute approximate surface area is 128 Å². The fourth-order valence-electron chi connectivity index (χ4n) is 3.40. The van der Waals surface area contributed by atoms with Crippen LogP contribution in [0, 0.1) is 5.92 Å². The van der Waals surface area contributed by atoms with Gasteiger partial charge in [0.2, 0.25) is 0 Å². The lowest BCUT2D eigenvalue weighted by Gasteiger charge is -2.31. The molecule has 0 aromatic carbocycles. The van der Waals surface area contributed by atoms with E-state index in [0.717, 1.165) is 38.3 Å². The van der Waals surface area contributed by atoms with Crippen molar-refractivity contribution in [2.45, 2.75) is 70.5 Å². The van der Waals surface area contributed by atoms with E-state index in [2.05, 4.69) is 29.4 Å². The van der Waals surface area contributed by atoms with Crippen LogP contribution in [0.1, 0.15) is 52.4 Å². The van der Waals surface area contributed by atoms with Crippen LogP contribution in [0.2, 0.25) is 0 Å². The van der Waals surface area contributed by atoms with Gasteiger partial charge < -0.3 is 15.7 Å². The number of carbonyl (C=O) groups excluding carboxylic acids is 1. The summed E-state index contributed by atoms with van der Waals surface area (Å²) < 4.78 is 0.